The van der Waals surface area contributed by atoms with Crippen LogP contribution in [0.4, 0.5) is 4.39 Å². The van der Waals surface area contributed by atoms with Gasteiger partial charge < -0.3 is 19.3 Å². The summed E-state index contributed by atoms with van der Waals surface area (Å²) in [6.07, 6.45) is 5.72. The second-order valence-corrected chi connectivity index (χ2v) is 7.40. The first-order valence-corrected chi connectivity index (χ1v) is 10.1. The van der Waals surface area contributed by atoms with Crippen LogP contribution in [0.15, 0.2) is 72.8 Å². The van der Waals surface area contributed by atoms with Crippen LogP contribution < -0.4 is 4.74 Å². The highest BCUT2D eigenvalue weighted by Crippen LogP contribution is 2.40. The molecule has 1 fully saturated rings. The van der Waals surface area contributed by atoms with Crippen molar-refractivity contribution in [3.8, 4) is 5.75 Å². The molecule has 1 aliphatic heterocycles. The molecule has 2 aromatic carbocycles. The molecular formula is C24H22FN3O4. The Morgan fingerprint density at radius 1 is 1.12 bits per heavy atom. The number of para-hydroxylation sites is 1. The summed E-state index contributed by atoms with van der Waals surface area (Å²) < 4.78 is 20.8. The molecule has 2 heterocycles. The Labute approximate surface area is 184 Å². The average molecular weight is 435 g/mol. The fourth-order valence-corrected chi connectivity index (χ4v) is 3.93. The van der Waals surface area contributed by atoms with Crippen molar-refractivity contribution >= 4 is 17.4 Å². The third-order valence-electron chi connectivity index (χ3n) is 5.46. The summed E-state index contributed by atoms with van der Waals surface area (Å²) in [4.78, 5) is 31.4. The lowest BCUT2D eigenvalue weighted by atomic mass is 9.95. The number of carbonyl (C=O) groups excluding carboxylic acids is 2. The smallest absolute Gasteiger partial charge is 0.295 e. The number of aryl methyl sites for hydroxylation is 1. The molecule has 1 saturated heterocycles. The lowest BCUT2D eigenvalue weighted by Gasteiger charge is -2.25. The second kappa shape index (κ2) is 9.05. The van der Waals surface area contributed by atoms with Gasteiger partial charge in [-0.2, -0.15) is 0 Å². The third kappa shape index (κ3) is 3.99. The molecule has 8 heteroatoms. The molecule has 7 nitrogen and oxygen atoms in total. The molecule has 0 radical (unpaired) electrons. The first-order chi connectivity index (χ1) is 15.5. The molecule has 1 amide bonds. The number of Topliss-reactive ketones (excluding diaryl/α,β-unsaturated/α-hetero) is 1. The maximum atomic E-state index is 13.6. The minimum atomic E-state index is -0.844. The van der Waals surface area contributed by atoms with Gasteiger partial charge in [-0.1, -0.05) is 24.3 Å². The molecule has 32 heavy (non-hydrogen) atoms. The van der Waals surface area contributed by atoms with Crippen LogP contribution in [-0.2, 0) is 16.1 Å². The minimum absolute atomic E-state index is 0.0475. The van der Waals surface area contributed by atoms with Gasteiger partial charge in [0.2, 0.25) is 0 Å². The first-order valence-electron chi connectivity index (χ1n) is 10.1. The molecule has 1 aliphatic rings. The lowest BCUT2D eigenvalue weighted by Crippen LogP contribution is -2.31. The molecule has 1 aromatic heterocycles. The Balaban J connectivity index is 1.76. The van der Waals surface area contributed by atoms with Gasteiger partial charge in [0, 0.05) is 25.5 Å². The van der Waals surface area contributed by atoms with Crippen molar-refractivity contribution in [1.82, 2.24) is 14.5 Å². The summed E-state index contributed by atoms with van der Waals surface area (Å²) in [5.41, 5.74) is 0.789. The highest BCUT2D eigenvalue weighted by atomic mass is 19.1. The molecule has 1 N–H and O–H groups in total. The van der Waals surface area contributed by atoms with Gasteiger partial charge in [0.25, 0.3) is 11.7 Å². The van der Waals surface area contributed by atoms with E-state index in [0.717, 1.165) is 0 Å². The number of aromatic nitrogens is 2. The highest BCUT2D eigenvalue weighted by molar-refractivity contribution is 6.46. The van der Waals surface area contributed by atoms with E-state index >= 15 is 0 Å². The fourth-order valence-electron chi connectivity index (χ4n) is 3.93. The largest absolute Gasteiger partial charge is 0.507 e. The Bertz CT molecular complexity index is 1160. The Kier molecular flexibility index (Phi) is 6.02. The van der Waals surface area contributed by atoms with Gasteiger partial charge in [-0.15, -0.1) is 0 Å². The number of benzene rings is 2. The predicted molar refractivity (Wildman–Crippen MR) is 115 cm³/mol. The van der Waals surface area contributed by atoms with Crippen LogP contribution in [0.25, 0.3) is 5.76 Å². The topological polar surface area (TPSA) is 84.7 Å². The molecular weight excluding hydrogens is 413 g/mol. The number of methoxy groups -OCH3 is 1. The number of rotatable bonds is 7. The highest BCUT2D eigenvalue weighted by Gasteiger charge is 2.46. The van der Waals surface area contributed by atoms with Crippen molar-refractivity contribution in [2.45, 2.75) is 19.0 Å². The van der Waals surface area contributed by atoms with Crippen molar-refractivity contribution in [2.24, 2.45) is 0 Å². The molecule has 0 spiro atoms. The number of likely N-dealkylation sites (tertiary alicyclic amines) is 1. The first kappa shape index (κ1) is 21.3. The van der Waals surface area contributed by atoms with Gasteiger partial charge >= 0.3 is 0 Å². The molecule has 164 valence electrons. The summed E-state index contributed by atoms with van der Waals surface area (Å²) >= 11 is 0. The van der Waals surface area contributed by atoms with E-state index in [1.54, 1.807) is 36.8 Å². The summed E-state index contributed by atoms with van der Waals surface area (Å²) in [5.74, 6) is -1.89. The Morgan fingerprint density at radius 3 is 2.56 bits per heavy atom. The van der Waals surface area contributed by atoms with Crippen LogP contribution in [0, 0.1) is 5.82 Å². The van der Waals surface area contributed by atoms with Crippen LogP contribution >= 0.6 is 0 Å². The number of hydrogen-bond donors (Lipinski definition) is 1. The lowest BCUT2D eigenvalue weighted by molar-refractivity contribution is -0.139. The zero-order valence-corrected chi connectivity index (χ0v) is 17.4. The number of amides is 1. The number of halogens is 1. The van der Waals surface area contributed by atoms with Gasteiger partial charge in [0.15, 0.2) is 0 Å². The molecule has 0 saturated carbocycles. The Morgan fingerprint density at radius 2 is 1.88 bits per heavy atom. The zero-order valence-electron chi connectivity index (χ0n) is 17.4. The van der Waals surface area contributed by atoms with Crippen LogP contribution in [0.1, 0.15) is 23.6 Å². The number of aliphatic hydroxyl groups excluding tert-OH is 1. The maximum Gasteiger partial charge on any atom is 0.295 e. The monoisotopic (exact) mass is 435 g/mol. The second-order valence-electron chi connectivity index (χ2n) is 7.40. The number of imidazole rings is 1. The normalized spacial score (nSPS) is 17.7. The van der Waals surface area contributed by atoms with Crippen molar-refractivity contribution in [1.29, 1.82) is 0 Å². The van der Waals surface area contributed by atoms with E-state index in [1.807, 2.05) is 10.8 Å². The molecule has 0 bridgehead atoms. The van der Waals surface area contributed by atoms with Crippen molar-refractivity contribution in [2.75, 3.05) is 13.7 Å². The molecule has 0 aliphatic carbocycles. The van der Waals surface area contributed by atoms with Crippen LogP contribution in [-0.4, -0.2) is 44.9 Å². The number of hydrogen-bond acceptors (Lipinski definition) is 5. The number of carbonyl (C=O) groups is 2. The van der Waals surface area contributed by atoms with E-state index in [4.69, 9.17) is 4.74 Å². The van der Waals surface area contributed by atoms with Crippen molar-refractivity contribution in [3.63, 3.8) is 0 Å². The van der Waals surface area contributed by atoms with Crippen molar-refractivity contribution in [3.05, 3.63) is 89.8 Å². The van der Waals surface area contributed by atoms with E-state index in [2.05, 4.69) is 4.98 Å². The van der Waals surface area contributed by atoms with Crippen LogP contribution in [0.3, 0.4) is 0 Å². The number of nitrogens with zero attached hydrogens (tertiary/aromatic N) is 3. The maximum absolute atomic E-state index is 13.6. The van der Waals surface area contributed by atoms with E-state index in [0.29, 0.717) is 29.8 Å². The van der Waals surface area contributed by atoms with E-state index < -0.39 is 23.5 Å². The number of aliphatic hydroxyl groups is 1. The number of ketones is 1. The van der Waals surface area contributed by atoms with Gasteiger partial charge in [0.05, 0.1) is 30.6 Å². The van der Waals surface area contributed by atoms with Gasteiger partial charge in [0.1, 0.15) is 17.3 Å². The van der Waals surface area contributed by atoms with E-state index in [9.17, 15) is 19.1 Å². The summed E-state index contributed by atoms with van der Waals surface area (Å²) in [7, 11) is 1.46. The Hall–Kier alpha value is -3.94. The third-order valence-corrected chi connectivity index (χ3v) is 5.46. The fraction of sp³-hybridized carbons (Fsp3) is 0.208. The van der Waals surface area contributed by atoms with E-state index in [-0.39, 0.29) is 17.9 Å². The quantitative estimate of drug-likeness (QED) is 0.349. The molecule has 4 rings (SSSR count). The van der Waals surface area contributed by atoms with Crippen LogP contribution in [0.2, 0.25) is 0 Å². The van der Waals surface area contributed by atoms with Crippen LogP contribution in [0.5, 0.6) is 5.75 Å². The van der Waals surface area contributed by atoms with Gasteiger partial charge in [-0.3, -0.25) is 9.59 Å². The SMILES string of the molecule is COc1ccccc1/C(O)=C1\C(=O)C(=O)N(CCCn2ccnc2)C1c1ccc(F)cc1. The molecule has 3 aromatic rings. The summed E-state index contributed by atoms with van der Waals surface area (Å²) in [6.45, 7) is 0.874. The van der Waals surface area contributed by atoms with Crippen molar-refractivity contribution < 1.29 is 23.8 Å². The standard InChI is InChI=1S/C24H22FN3O4/c1-32-19-6-3-2-5-18(19)22(29)20-21(16-7-9-17(25)10-8-16)28(24(31)23(20)30)13-4-12-27-14-11-26-15-27/h2-3,5-11,14-15,21,29H,4,12-13H2,1H3/b22-20+. The van der Waals surface area contributed by atoms with Gasteiger partial charge in [-0.05, 0) is 36.2 Å². The number of ether oxygens (including phenoxy) is 1. The molecule has 1 unspecified atom stereocenters. The molecule has 1 atom stereocenters. The van der Waals surface area contributed by atoms with E-state index in [1.165, 1.54) is 36.3 Å². The predicted octanol–water partition coefficient (Wildman–Crippen LogP) is 3.54. The average Bonchev–Trinajstić information content (AvgIpc) is 3.41. The summed E-state index contributed by atoms with van der Waals surface area (Å²) in [6, 6.07) is 11.4. The van der Waals surface area contributed by atoms with Gasteiger partial charge in [-0.25, -0.2) is 9.37 Å². The minimum Gasteiger partial charge on any atom is -0.507 e. The summed E-state index contributed by atoms with van der Waals surface area (Å²) in [5, 5.41) is 11.1. The zero-order chi connectivity index (χ0) is 22.7.